The molecule has 0 aliphatic carbocycles. The van der Waals surface area contributed by atoms with Gasteiger partial charge in [0, 0.05) is 39.3 Å². The molecule has 98 valence electrons. The van der Waals surface area contributed by atoms with Crippen LogP contribution in [-0.4, -0.2) is 62.3 Å². The quantitative estimate of drug-likeness (QED) is 0.494. The van der Waals surface area contributed by atoms with Crippen LogP contribution in [0, 0.1) is 17.2 Å². The van der Waals surface area contributed by atoms with Crippen molar-refractivity contribution < 1.29 is 4.74 Å². The summed E-state index contributed by atoms with van der Waals surface area (Å²) in [6.07, 6.45) is 1.15. The van der Waals surface area contributed by atoms with Crippen LogP contribution in [0.15, 0.2) is 0 Å². The summed E-state index contributed by atoms with van der Waals surface area (Å²) in [7, 11) is 0. The molecule has 1 rings (SSSR count). The second kappa shape index (κ2) is 8.46. The maximum Gasteiger partial charge on any atom is 0.0866 e. The molecule has 17 heavy (non-hydrogen) atoms. The van der Waals surface area contributed by atoms with Crippen LogP contribution in [0.3, 0.4) is 0 Å². The summed E-state index contributed by atoms with van der Waals surface area (Å²) < 4.78 is 5.61. The smallest absolute Gasteiger partial charge is 0.0866 e. The molecule has 4 heteroatoms. The van der Waals surface area contributed by atoms with Crippen molar-refractivity contribution in [2.24, 2.45) is 5.92 Å². The lowest BCUT2D eigenvalue weighted by Crippen LogP contribution is -2.47. The van der Waals surface area contributed by atoms with Gasteiger partial charge in [-0.2, -0.15) is 5.26 Å². The molecule has 0 aromatic rings. The van der Waals surface area contributed by atoms with Crippen LogP contribution in [0.25, 0.3) is 0 Å². The lowest BCUT2D eigenvalue weighted by atomic mass is 10.1. The highest BCUT2D eigenvalue weighted by Gasteiger charge is 2.15. The molecule has 4 nitrogen and oxygen atoms in total. The third-order valence-corrected chi connectivity index (χ3v) is 3.15. The molecule has 0 aromatic carbocycles. The average molecular weight is 239 g/mol. The highest BCUT2D eigenvalue weighted by Crippen LogP contribution is 2.02. The molecule has 0 N–H and O–H groups in total. The van der Waals surface area contributed by atoms with Gasteiger partial charge in [-0.25, -0.2) is 0 Å². The van der Waals surface area contributed by atoms with E-state index in [0.717, 1.165) is 58.3 Å². The van der Waals surface area contributed by atoms with E-state index in [9.17, 15) is 0 Å². The Morgan fingerprint density at radius 1 is 1.12 bits per heavy atom. The van der Waals surface area contributed by atoms with E-state index in [2.05, 4.69) is 29.7 Å². The molecule has 1 saturated heterocycles. The fourth-order valence-corrected chi connectivity index (χ4v) is 1.89. The van der Waals surface area contributed by atoms with Crippen LogP contribution in [0.5, 0.6) is 0 Å². The van der Waals surface area contributed by atoms with E-state index in [-0.39, 0.29) is 0 Å². The summed E-state index contributed by atoms with van der Waals surface area (Å²) in [4.78, 5) is 4.62. The number of hydrogen-bond donors (Lipinski definition) is 0. The highest BCUT2D eigenvalue weighted by molar-refractivity contribution is 4.80. The third kappa shape index (κ3) is 6.62. The molecular formula is C13H25N3O. The van der Waals surface area contributed by atoms with Gasteiger partial charge in [0.25, 0.3) is 0 Å². The first kappa shape index (κ1) is 14.4. The summed E-state index contributed by atoms with van der Waals surface area (Å²) in [6.45, 7) is 11.9. The van der Waals surface area contributed by atoms with E-state index >= 15 is 0 Å². The number of nitrogens with zero attached hydrogens (tertiary/aromatic N) is 3. The SMILES string of the molecule is CC(C)CCOCCN1CCN(CC#N)CC1. The van der Waals surface area contributed by atoms with Crippen LogP contribution in [0.1, 0.15) is 20.3 Å². The van der Waals surface area contributed by atoms with Crippen molar-refractivity contribution in [1.29, 1.82) is 5.26 Å². The molecule has 0 spiro atoms. The predicted octanol–water partition coefficient (Wildman–Crippen LogP) is 1.19. The maximum absolute atomic E-state index is 8.60. The predicted molar refractivity (Wildman–Crippen MR) is 68.8 cm³/mol. The topological polar surface area (TPSA) is 39.5 Å². The summed E-state index contributed by atoms with van der Waals surface area (Å²) in [5.41, 5.74) is 0. The average Bonchev–Trinajstić information content (AvgIpc) is 2.31. The second-order valence-corrected chi connectivity index (χ2v) is 5.07. The zero-order chi connectivity index (χ0) is 12.5. The summed E-state index contributed by atoms with van der Waals surface area (Å²) >= 11 is 0. The van der Waals surface area contributed by atoms with Gasteiger partial charge in [0.2, 0.25) is 0 Å². The van der Waals surface area contributed by atoms with Crippen molar-refractivity contribution in [2.75, 3.05) is 52.5 Å². The number of piperazine rings is 1. The van der Waals surface area contributed by atoms with Crippen LogP contribution in [0.4, 0.5) is 0 Å². The first-order chi connectivity index (χ1) is 8.22. The fraction of sp³-hybridized carbons (Fsp3) is 0.923. The molecular weight excluding hydrogens is 214 g/mol. The minimum atomic E-state index is 0.568. The first-order valence-electron chi connectivity index (χ1n) is 6.61. The van der Waals surface area contributed by atoms with Gasteiger partial charge in [0.1, 0.15) is 0 Å². The van der Waals surface area contributed by atoms with Crippen molar-refractivity contribution >= 4 is 0 Å². The van der Waals surface area contributed by atoms with Crippen molar-refractivity contribution in [3.05, 3.63) is 0 Å². The van der Waals surface area contributed by atoms with E-state index in [0.29, 0.717) is 6.54 Å². The Kier molecular flexibility index (Phi) is 7.18. The van der Waals surface area contributed by atoms with E-state index in [1.54, 1.807) is 0 Å². The Hall–Kier alpha value is -0.630. The van der Waals surface area contributed by atoms with E-state index in [1.807, 2.05) is 0 Å². The molecule has 1 fully saturated rings. The molecule has 0 radical (unpaired) electrons. The third-order valence-electron chi connectivity index (χ3n) is 3.15. The van der Waals surface area contributed by atoms with Gasteiger partial charge >= 0.3 is 0 Å². The number of ether oxygens (including phenoxy) is 1. The minimum Gasteiger partial charge on any atom is -0.380 e. The molecule has 0 unspecified atom stereocenters. The number of rotatable bonds is 7. The van der Waals surface area contributed by atoms with E-state index < -0.39 is 0 Å². The van der Waals surface area contributed by atoms with Crippen LogP contribution in [-0.2, 0) is 4.74 Å². The molecule has 0 bridgehead atoms. The molecule has 0 aromatic heterocycles. The first-order valence-corrected chi connectivity index (χ1v) is 6.61. The monoisotopic (exact) mass is 239 g/mol. The van der Waals surface area contributed by atoms with Gasteiger partial charge in [-0.05, 0) is 12.3 Å². The Bertz CT molecular complexity index is 229. The Morgan fingerprint density at radius 2 is 1.76 bits per heavy atom. The van der Waals surface area contributed by atoms with Gasteiger partial charge in [-0.3, -0.25) is 9.80 Å². The van der Waals surface area contributed by atoms with Crippen molar-refractivity contribution in [2.45, 2.75) is 20.3 Å². The van der Waals surface area contributed by atoms with Gasteiger partial charge in [-0.1, -0.05) is 13.8 Å². The molecule has 0 amide bonds. The highest BCUT2D eigenvalue weighted by atomic mass is 16.5. The second-order valence-electron chi connectivity index (χ2n) is 5.07. The van der Waals surface area contributed by atoms with E-state index in [4.69, 9.17) is 10.00 Å². The van der Waals surface area contributed by atoms with Crippen molar-refractivity contribution in [3.63, 3.8) is 0 Å². The molecule has 1 aliphatic rings. The van der Waals surface area contributed by atoms with Crippen molar-refractivity contribution in [3.8, 4) is 6.07 Å². The molecule has 0 saturated carbocycles. The maximum atomic E-state index is 8.60. The standard InChI is InChI=1S/C13H25N3O/c1-13(2)3-11-17-12-10-16-8-6-15(5-4-14)7-9-16/h13H,3,5-12H2,1-2H3. The lowest BCUT2D eigenvalue weighted by Gasteiger charge is -2.33. The van der Waals surface area contributed by atoms with Gasteiger partial charge in [0.05, 0.1) is 19.2 Å². The molecule has 0 atom stereocenters. The fourth-order valence-electron chi connectivity index (χ4n) is 1.89. The van der Waals surface area contributed by atoms with Gasteiger partial charge in [-0.15, -0.1) is 0 Å². The van der Waals surface area contributed by atoms with Crippen LogP contribution >= 0.6 is 0 Å². The van der Waals surface area contributed by atoms with Gasteiger partial charge in [0.15, 0.2) is 0 Å². The molecule has 1 aliphatic heterocycles. The largest absolute Gasteiger partial charge is 0.380 e. The zero-order valence-electron chi connectivity index (χ0n) is 11.2. The number of hydrogen-bond acceptors (Lipinski definition) is 4. The Labute approximate surface area is 105 Å². The summed E-state index contributed by atoms with van der Waals surface area (Å²) in [5, 5.41) is 8.60. The summed E-state index contributed by atoms with van der Waals surface area (Å²) in [6, 6.07) is 2.21. The van der Waals surface area contributed by atoms with E-state index in [1.165, 1.54) is 0 Å². The zero-order valence-corrected chi connectivity index (χ0v) is 11.2. The Balaban J connectivity index is 1.97. The normalized spacial score (nSPS) is 18.5. The van der Waals surface area contributed by atoms with Crippen LogP contribution in [0.2, 0.25) is 0 Å². The van der Waals surface area contributed by atoms with Gasteiger partial charge < -0.3 is 4.74 Å². The lowest BCUT2D eigenvalue weighted by molar-refractivity contribution is 0.0744. The Morgan fingerprint density at radius 3 is 2.35 bits per heavy atom. The van der Waals surface area contributed by atoms with Crippen LogP contribution < -0.4 is 0 Å². The number of nitriles is 1. The molecule has 1 heterocycles. The minimum absolute atomic E-state index is 0.568. The van der Waals surface area contributed by atoms with Crippen molar-refractivity contribution in [1.82, 2.24) is 9.80 Å². The summed E-state index contributed by atoms with van der Waals surface area (Å²) in [5.74, 6) is 0.726.